The molecule has 0 unspecified atom stereocenters. The normalized spacial score (nSPS) is 13.4. The maximum Gasteiger partial charge on any atom is 0.252 e. The number of benzene rings is 7. The highest BCUT2D eigenvalue weighted by molar-refractivity contribution is 7.00. The fraction of sp³-hybridized carbons (Fsp3) is 0.176. The zero-order chi connectivity index (χ0) is 37.4. The second kappa shape index (κ2) is 12.7. The molecule has 2 nitrogen and oxygen atoms in total. The van der Waals surface area contributed by atoms with Gasteiger partial charge in [-0.25, -0.2) is 0 Å². The van der Waals surface area contributed by atoms with Gasteiger partial charge in [0.25, 0.3) is 6.71 Å². The first-order valence-corrected chi connectivity index (χ1v) is 19.3. The Hall–Kier alpha value is -5.80. The van der Waals surface area contributed by atoms with E-state index in [0.29, 0.717) is 0 Å². The van der Waals surface area contributed by atoms with Crippen LogP contribution in [-0.4, -0.2) is 6.71 Å². The molecule has 0 spiro atoms. The van der Waals surface area contributed by atoms with Crippen LogP contribution in [0.25, 0.3) is 22.3 Å². The van der Waals surface area contributed by atoms with E-state index in [1.165, 1.54) is 89.5 Å². The summed E-state index contributed by atoms with van der Waals surface area (Å²) in [4.78, 5) is 5.09. The van der Waals surface area contributed by atoms with Gasteiger partial charge in [0.05, 0.1) is 5.69 Å². The van der Waals surface area contributed by atoms with Crippen LogP contribution < -0.4 is 26.2 Å². The Kier molecular flexibility index (Phi) is 7.97. The summed E-state index contributed by atoms with van der Waals surface area (Å²) in [5.41, 5.74) is 20.1. The zero-order valence-electron chi connectivity index (χ0n) is 32.5. The lowest BCUT2D eigenvalue weighted by molar-refractivity contribution is 0.590. The molecule has 54 heavy (non-hydrogen) atoms. The molecule has 7 aromatic rings. The average molecular weight is 699 g/mol. The molecule has 0 saturated heterocycles. The third-order valence-electron chi connectivity index (χ3n) is 11.4. The maximum absolute atomic E-state index is 2.55. The van der Waals surface area contributed by atoms with Crippen LogP contribution in [0.5, 0.6) is 0 Å². The molecule has 0 aliphatic carbocycles. The summed E-state index contributed by atoms with van der Waals surface area (Å²) >= 11 is 0. The molecule has 9 rings (SSSR count). The largest absolute Gasteiger partial charge is 0.311 e. The minimum absolute atomic E-state index is 0.000743. The molecule has 3 heteroatoms. The number of fused-ring (bicyclic) bond motifs is 4. The van der Waals surface area contributed by atoms with E-state index in [0.717, 1.165) is 0 Å². The number of hydrogen-bond acceptors (Lipinski definition) is 2. The molecule has 0 atom stereocenters. The first-order chi connectivity index (χ1) is 26.0. The Bertz CT molecular complexity index is 2520. The molecule has 2 heterocycles. The van der Waals surface area contributed by atoms with Crippen LogP contribution in [0.2, 0.25) is 0 Å². The Labute approximate surface area is 321 Å². The predicted octanol–water partition coefficient (Wildman–Crippen LogP) is 12.0. The molecule has 0 N–H and O–H groups in total. The van der Waals surface area contributed by atoms with Gasteiger partial charge in [0, 0.05) is 34.0 Å². The van der Waals surface area contributed by atoms with Crippen molar-refractivity contribution in [3.05, 3.63) is 174 Å². The molecule has 7 aromatic carbocycles. The van der Waals surface area contributed by atoms with E-state index in [1.54, 1.807) is 0 Å². The van der Waals surface area contributed by atoms with Gasteiger partial charge in [-0.05, 0) is 104 Å². The molecule has 0 amide bonds. The van der Waals surface area contributed by atoms with Gasteiger partial charge in [-0.1, -0.05) is 162 Å². The topological polar surface area (TPSA) is 6.48 Å². The second-order valence-electron chi connectivity index (χ2n) is 17.2. The molecule has 0 radical (unpaired) electrons. The molecule has 0 saturated carbocycles. The Balaban J connectivity index is 1.41. The van der Waals surface area contributed by atoms with Crippen molar-refractivity contribution in [2.45, 2.75) is 59.3 Å². The molecule has 2 aliphatic rings. The van der Waals surface area contributed by atoms with Crippen LogP contribution in [0.1, 0.15) is 58.2 Å². The van der Waals surface area contributed by atoms with Crippen molar-refractivity contribution in [2.75, 3.05) is 9.80 Å². The predicted molar refractivity (Wildman–Crippen MR) is 233 cm³/mol. The van der Waals surface area contributed by atoms with Gasteiger partial charge >= 0.3 is 0 Å². The van der Waals surface area contributed by atoms with Gasteiger partial charge < -0.3 is 9.80 Å². The first kappa shape index (κ1) is 34.0. The van der Waals surface area contributed by atoms with E-state index in [1.807, 2.05) is 0 Å². The molecule has 2 aliphatic heterocycles. The minimum Gasteiger partial charge on any atom is -0.311 e. The highest BCUT2D eigenvalue weighted by Crippen LogP contribution is 2.48. The summed E-state index contributed by atoms with van der Waals surface area (Å²) in [6.45, 7) is 16.1. The molecular weight excluding hydrogens is 651 g/mol. The smallest absolute Gasteiger partial charge is 0.252 e. The Morgan fingerprint density at radius 1 is 0.407 bits per heavy atom. The first-order valence-electron chi connectivity index (χ1n) is 19.3. The monoisotopic (exact) mass is 698 g/mol. The lowest BCUT2D eigenvalue weighted by Crippen LogP contribution is -2.61. The molecular formula is C51H47BN2. The van der Waals surface area contributed by atoms with E-state index >= 15 is 0 Å². The average Bonchev–Trinajstić information content (AvgIpc) is 3.17. The van der Waals surface area contributed by atoms with E-state index in [9.17, 15) is 0 Å². The van der Waals surface area contributed by atoms with Gasteiger partial charge in [-0.2, -0.15) is 0 Å². The van der Waals surface area contributed by atoms with Crippen LogP contribution in [0.3, 0.4) is 0 Å². The number of hydrogen-bond donors (Lipinski definition) is 0. The summed E-state index contributed by atoms with van der Waals surface area (Å²) in [5, 5.41) is 0. The Morgan fingerprint density at radius 3 is 1.61 bits per heavy atom. The van der Waals surface area contributed by atoms with Crippen molar-refractivity contribution < 1.29 is 0 Å². The zero-order valence-corrected chi connectivity index (χ0v) is 32.5. The molecule has 0 bridgehead atoms. The molecule has 0 fully saturated rings. The van der Waals surface area contributed by atoms with Crippen LogP contribution >= 0.6 is 0 Å². The van der Waals surface area contributed by atoms with Crippen LogP contribution in [0, 0.1) is 6.92 Å². The van der Waals surface area contributed by atoms with Crippen LogP contribution in [0.4, 0.5) is 34.1 Å². The van der Waals surface area contributed by atoms with Crippen molar-refractivity contribution in [3.8, 4) is 22.3 Å². The summed E-state index contributed by atoms with van der Waals surface area (Å²) in [7, 11) is 0. The van der Waals surface area contributed by atoms with Crippen molar-refractivity contribution in [3.63, 3.8) is 0 Å². The highest BCUT2D eigenvalue weighted by atomic mass is 15.2. The summed E-state index contributed by atoms with van der Waals surface area (Å²) in [6, 6.07) is 59.1. The lowest BCUT2D eigenvalue weighted by Gasteiger charge is -2.45. The van der Waals surface area contributed by atoms with Gasteiger partial charge in [0.1, 0.15) is 0 Å². The molecule has 0 aromatic heterocycles. The van der Waals surface area contributed by atoms with Gasteiger partial charge in [-0.3, -0.25) is 0 Å². The third kappa shape index (κ3) is 5.66. The summed E-state index contributed by atoms with van der Waals surface area (Å²) in [5.74, 6) is 0. The van der Waals surface area contributed by atoms with Gasteiger partial charge in [0.2, 0.25) is 0 Å². The highest BCUT2D eigenvalue weighted by Gasteiger charge is 2.44. The standard InChI is InChI=1S/C51H47BN2/c1-34-22-28-46-42(30-34)52-43-33-39(51(5,6)7)25-29-45(43)53(40-26-23-38(24-27-40)50(2,3)4)47-31-37(35-16-10-8-11-17-35)32-48(49(47)52)54(46)44-21-15-14-20-41(44)36-18-12-9-13-19-36/h8-33H,1-7H3. The number of para-hydroxylation sites is 1. The van der Waals surface area contributed by atoms with Crippen LogP contribution in [-0.2, 0) is 10.8 Å². The van der Waals surface area contributed by atoms with Gasteiger partial charge in [-0.15, -0.1) is 0 Å². The maximum atomic E-state index is 2.55. The summed E-state index contributed by atoms with van der Waals surface area (Å²) < 4.78 is 0. The van der Waals surface area contributed by atoms with Crippen molar-refractivity contribution >= 4 is 57.2 Å². The van der Waals surface area contributed by atoms with E-state index in [-0.39, 0.29) is 17.5 Å². The Morgan fingerprint density at radius 2 is 0.944 bits per heavy atom. The minimum atomic E-state index is -0.000743. The fourth-order valence-corrected chi connectivity index (χ4v) is 8.57. The fourth-order valence-electron chi connectivity index (χ4n) is 8.57. The third-order valence-corrected chi connectivity index (χ3v) is 11.4. The van der Waals surface area contributed by atoms with Crippen LogP contribution in [0.15, 0.2) is 158 Å². The van der Waals surface area contributed by atoms with Crippen molar-refractivity contribution in [2.24, 2.45) is 0 Å². The van der Waals surface area contributed by atoms with E-state index in [2.05, 4.69) is 216 Å². The number of nitrogens with zero attached hydrogens (tertiary/aromatic N) is 2. The van der Waals surface area contributed by atoms with E-state index < -0.39 is 0 Å². The van der Waals surface area contributed by atoms with Gasteiger partial charge in [0.15, 0.2) is 0 Å². The summed E-state index contributed by atoms with van der Waals surface area (Å²) in [6.07, 6.45) is 0. The number of anilines is 6. The van der Waals surface area contributed by atoms with E-state index in [4.69, 9.17) is 0 Å². The molecule has 264 valence electrons. The van der Waals surface area contributed by atoms with Crippen molar-refractivity contribution in [1.29, 1.82) is 0 Å². The number of aryl methyl sites for hydroxylation is 1. The van der Waals surface area contributed by atoms with Crippen molar-refractivity contribution in [1.82, 2.24) is 0 Å². The quantitative estimate of drug-likeness (QED) is 0.169. The number of rotatable bonds is 4. The lowest BCUT2D eigenvalue weighted by atomic mass is 9.33. The SMILES string of the molecule is Cc1ccc2c(c1)B1c3cc(C(C)(C)C)ccc3N(c3ccc(C(C)(C)C)cc3)c3cc(-c4ccccc4)cc(c31)N2c1ccccc1-c1ccccc1. The second-order valence-corrected chi connectivity index (χ2v) is 17.2.